The maximum absolute atomic E-state index is 13.6. The second-order valence-electron chi connectivity index (χ2n) is 7.31. The largest absolute Gasteiger partial charge is 0.490 e. The number of halogens is 2. The molecule has 0 aliphatic heterocycles. The van der Waals surface area contributed by atoms with Crippen LogP contribution in [0.2, 0.25) is 0 Å². The van der Waals surface area contributed by atoms with E-state index in [0.29, 0.717) is 29.6 Å². The Morgan fingerprint density at radius 3 is 2.64 bits per heavy atom. The topological polar surface area (TPSA) is 58.8 Å². The summed E-state index contributed by atoms with van der Waals surface area (Å²) >= 11 is 5.02. The number of aromatic nitrogens is 1. The molecule has 2 aromatic heterocycles. The van der Waals surface area contributed by atoms with Gasteiger partial charge in [-0.2, -0.15) is 0 Å². The van der Waals surface area contributed by atoms with Crippen LogP contribution >= 0.6 is 39.7 Å². The van der Waals surface area contributed by atoms with Crippen molar-refractivity contribution >= 4 is 71.9 Å². The minimum Gasteiger partial charge on any atom is -0.490 e. The number of carbonyl (C=O) groups excluding carboxylic acids is 1. The summed E-state index contributed by atoms with van der Waals surface area (Å²) in [6.07, 6.45) is 0. The fourth-order valence-electron chi connectivity index (χ4n) is 3.61. The first-order valence-electron chi connectivity index (χ1n) is 10.8. The molecule has 33 heavy (non-hydrogen) atoms. The van der Waals surface area contributed by atoms with Gasteiger partial charge in [-0.1, -0.05) is 53.2 Å². The number of hydrogen-bond donors (Lipinski definition) is 0. The van der Waals surface area contributed by atoms with Crippen molar-refractivity contribution in [3.8, 4) is 5.75 Å². The highest BCUT2D eigenvalue weighted by Gasteiger charge is 2.25. The normalized spacial score (nSPS) is 11.2. The summed E-state index contributed by atoms with van der Waals surface area (Å²) in [6.45, 7) is 9.83. The van der Waals surface area contributed by atoms with Gasteiger partial charge in [-0.15, -0.1) is 12.4 Å². The maximum atomic E-state index is 13.6. The van der Waals surface area contributed by atoms with E-state index in [-0.39, 0.29) is 24.1 Å². The van der Waals surface area contributed by atoms with Crippen LogP contribution in [0.25, 0.3) is 21.2 Å². The summed E-state index contributed by atoms with van der Waals surface area (Å²) in [5.74, 6) is 0.727. The van der Waals surface area contributed by atoms with E-state index in [9.17, 15) is 4.79 Å². The Bertz CT molecular complexity index is 1240. The lowest BCUT2D eigenvalue weighted by Crippen LogP contribution is -2.38. The minimum absolute atomic E-state index is 0. The van der Waals surface area contributed by atoms with Gasteiger partial charge in [-0.25, -0.2) is 4.98 Å². The molecule has 0 aliphatic carbocycles. The van der Waals surface area contributed by atoms with Crippen molar-refractivity contribution in [1.82, 2.24) is 9.88 Å². The van der Waals surface area contributed by atoms with Crippen molar-refractivity contribution < 1.29 is 13.9 Å². The molecule has 0 aliphatic rings. The lowest BCUT2D eigenvalue weighted by atomic mass is 10.2. The van der Waals surface area contributed by atoms with E-state index in [1.54, 1.807) is 11.0 Å². The summed E-state index contributed by atoms with van der Waals surface area (Å²) in [7, 11) is 0. The summed E-state index contributed by atoms with van der Waals surface area (Å²) in [5.41, 5.74) is 1.46. The first-order chi connectivity index (χ1) is 15.5. The lowest BCUT2D eigenvalue weighted by molar-refractivity contribution is 0.0959. The van der Waals surface area contributed by atoms with Gasteiger partial charge in [-0.05, 0) is 50.3 Å². The van der Waals surface area contributed by atoms with Crippen LogP contribution in [-0.4, -0.2) is 48.6 Å². The lowest BCUT2D eigenvalue weighted by Gasteiger charge is -2.24. The van der Waals surface area contributed by atoms with Crippen LogP contribution in [-0.2, 0) is 0 Å². The predicted octanol–water partition coefficient (Wildman–Crippen LogP) is 6.61. The van der Waals surface area contributed by atoms with Gasteiger partial charge < -0.3 is 14.1 Å². The third kappa shape index (κ3) is 5.51. The Labute approximate surface area is 212 Å². The number of furan rings is 1. The number of thiazole rings is 1. The number of nitrogens with zero attached hydrogens (tertiary/aromatic N) is 3. The van der Waals surface area contributed by atoms with Crippen LogP contribution in [0.3, 0.4) is 0 Å². The van der Waals surface area contributed by atoms with E-state index in [2.05, 4.69) is 34.7 Å². The summed E-state index contributed by atoms with van der Waals surface area (Å²) in [6, 6.07) is 13.4. The molecule has 0 fully saturated rings. The van der Waals surface area contributed by atoms with Crippen molar-refractivity contribution in [2.75, 3.05) is 37.7 Å². The van der Waals surface area contributed by atoms with Crippen LogP contribution in [0.5, 0.6) is 5.75 Å². The Morgan fingerprint density at radius 1 is 1.12 bits per heavy atom. The molecule has 176 valence electrons. The van der Waals surface area contributed by atoms with Crippen LogP contribution in [0, 0.1) is 0 Å². The number of para-hydroxylation sites is 1. The van der Waals surface area contributed by atoms with Crippen LogP contribution < -0.4 is 9.64 Å². The van der Waals surface area contributed by atoms with E-state index in [1.807, 2.05) is 43.3 Å². The molecule has 9 heteroatoms. The highest BCUT2D eigenvalue weighted by molar-refractivity contribution is 9.10. The van der Waals surface area contributed by atoms with E-state index in [0.717, 1.165) is 39.7 Å². The number of ether oxygens (including phenoxy) is 1. The standard InChI is InChI=1S/C24H26BrN3O3S.ClH/c1-4-27(5-2)12-13-28(24-26-18-11-10-17(25)15-21(18)32-24)23(29)20-14-16-8-7-9-19(30-6-3)22(16)31-20;/h7-11,14-15H,4-6,12-13H2,1-3H3;1H. The monoisotopic (exact) mass is 551 g/mol. The summed E-state index contributed by atoms with van der Waals surface area (Å²) in [4.78, 5) is 22.4. The van der Waals surface area contributed by atoms with E-state index < -0.39 is 0 Å². The van der Waals surface area contributed by atoms with Crippen molar-refractivity contribution in [2.45, 2.75) is 20.8 Å². The second kappa shape index (κ2) is 11.3. The third-order valence-electron chi connectivity index (χ3n) is 5.37. The van der Waals surface area contributed by atoms with Gasteiger partial charge in [0.25, 0.3) is 5.91 Å². The number of amides is 1. The summed E-state index contributed by atoms with van der Waals surface area (Å²) in [5, 5.41) is 1.51. The number of rotatable bonds is 9. The van der Waals surface area contributed by atoms with E-state index >= 15 is 0 Å². The first kappa shape index (κ1) is 25.5. The van der Waals surface area contributed by atoms with Crippen molar-refractivity contribution in [3.63, 3.8) is 0 Å². The number of anilines is 1. The molecule has 0 atom stereocenters. The Kier molecular flexibility index (Phi) is 8.75. The van der Waals surface area contributed by atoms with Crippen LogP contribution in [0.1, 0.15) is 31.3 Å². The molecular formula is C24H27BrClN3O3S. The smallest absolute Gasteiger partial charge is 0.295 e. The molecule has 0 unspecified atom stereocenters. The van der Waals surface area contributed by atoms with E-state index in [4.69, 9.17) is 14.1 Å². The molecule has 2 aromatic carbocycles. The quantitative estimate of drug-likeness (QED) is 0.234. The number of hydrogen-bond acceptors (Lipinski definition) is 6. The molecule has 2 heterocycles. The van der Waals surface area contributed by atoms with Gasteiger partial charge >= 0.3 is 0 Å². The zero-order valence-corrected chi connectivity index (χ0v) is 22.1. The SMILES string of the molecule is CCOc1cccc2cc(C(=O)N(CCN(CC)CC)c3nc4ccc(Br)cc4s3)oc12.Cl. The van der Waals surface area contributed by atoms with Crippen LogP contribution in [0.15, 0.2) is 51.4 Å². The fraction of sp³-hybridized carbons (Fsp3) is 0.333. The number of benzene rings is 2. The minimum atomic E-state index is -0.200. The molecule has 1 amide bonds. The average Bonchev–Trinajstić information content (AvgIpc) is 3.41. The first-order valence-corrected chi connectivity index (χ1v) is 12.4. The van der Waals surface area contributed by atoms with Crippen molar-refractivity contribution in [2.24, 2.45) is 0 Å². The molecule has 4 rings (SSSR count). The van der Waals surface area contributed by atoms with Gasteiger partial charge in [0.1, 0.15) is 0 Å². The van der Waals surface area contributed by atoms with Crippen molar-refractivity contribution in [1.29, 1.82) is 0 Å². The average molecular weight is 553 g/mol. The maximum Gasteiger partial charge on any atom is 0.295 e. The predicted molar refractivity (Wildman–Crippen MR) is 141 cm³/mol. The number of likely N-dealkylation sites (N-methyl/N-ethyl adjacent to an activating group) is 1. The van der Waals surface area contributed by atoms with Gasteiger partial charge in [0.05, 0.1) is 16.8 Å². The number of fused-ring (bicyclic) bond motifs is 2. The highest BCUT2D eigenvalue weighted by Crippen LogP contribution is 2.33. The number of carbonyl (C=O) groups is 1. The highest BCUT2D eigenvalue weighted by atomic mass is 79.9. The fourth-order valence-corrected chi connectivity index (χ4v) is 5.15. The van der Waals surface area contributed by atoms with Crippen LogP contribution in [0.4, 0.5) is 5.13 Å². The zero-order chi connectivity index (χ0) is 22.7. The van der Waals surface area contributed by atoms with Gasteiger partial charge in [-0.3, -0.25) is 9.69 Å². The Hall–Kier alpha value is -2.13. The Balaban J connectivity index is 0.00000306. The molecule has 4 aromatic rings. The zero-order valence-electron chi connectivity index (χ0n) is 18.8. The molecular weight excluding hydrogens is 526 g/mol. The Morgan fingerprint density at radius 2 is 1.91 bits per heavy atom. The van der Waals surface area contributed by atoms with Gasteiger partial charge in [0.2, 0.25) is 0 Å². The third-order valence-corrected chi connectivity index (χ3v) is 6.90. The molecule has 0 saturated heterocycles. The van der Waals surface area contributed by atoms with E-state index in [1.165, 1.54) is 11.3 Å². The summed E-state index contributed by atoms with van der Waals surface area (Å²) < 4.78 is 13.7. The van der Waals surface area contributed by atoms with Crippen molar-refractivity contribution in [3.05, 3.63) is 52.7 Å². The molecule has 0 saturated carbocycles. The van der Waals surface area contributed by atoms with Gasteiger partial charge in [0, 0.05) is 22.9 Å². The molecule has 0 N–H and O–H groups in total. The molecule has 0 bridgehead atoms. The second-order valence-corrected chi connectivity index (χ2v) is 9.24. The molecule has 0 radical (unpaired) electrons. The van der Waals surface area contributed by atoms with Gasteiger partial charge in [0.15, 0.2) is 22.2 Å². The molecule has 0 spiro atoms. The molecule has 6 nitrogen and oxygen atoms in total.